The largest absolute Gasteiger partial charge is 0.245 e. The second kappa shape index (κ2) is 2.94. The monoisotopic (exact) mass is 163 g/mol. The molecular weight excluding hydrogens is 158 g/mol. The predicted octanol–water partition coefficient (Wildman–Crippen LogP) is 1.92. The fraction of sp³-hybridized carbons (Fsp3) is 0. The summed E-state index contributed by atoms with van der Waals surface area (Å²) in [6.07, 6.45) is 0. The lowest BCUT2D eigenvalue weighted by molar-refractivity contribution is 1.50. The van der Waals surface area contributed by atoms with Crippen LogP contribution >= 0.6 is 11.3 Å². The number of rotatable bonds is 0. The average Bonchev–Trinajstić information content (AvgIpc) is 2.33. The number of hydrogen-bond donors (Lipinski definition) is 0. The van der Waals surface area contributed by atoms with Crippen molar-refractivity contribution in [2.75, 3.05) is 0 Å². The molecule has 2 rings (SSSR count). The molecule has 0 amide bonds. The fourth-order valence-electron chi connectivity index (χ4n) is 0.803. The van der Waals surface area contributed by atoms with Crippen LogP contribution in [0, 0.1) is 0 Å². The van der Waals surface area contributed by atoms with E-state index in [2.05, 4.69) is 11.1 Å². The molecule has 0 atom stereocenters. The van der Waals surface area contributed by atoms with Gasteiger partial charge in [0.15, 0.2) is 0 Å². The highest BCUT2D eigenvalue weighted by Crippen LogP contribution is 2.15. The van der Waals surface area contributed by atoms with Gasteiger partial charge in [-0.15, -0.1) is 11.3 Å². The highest BCUT2D eigenvalue weighted by atomic mass is 32.1. The van der Waals surface area contributed by atoms with Gasteiger partial charge in [0.05, 0.1) is 15.7 Å². The third kappa shape index (κ3) is 1.10. The Kier molecular flexibility index (Phi) is 2.19. The van der Waals surface area contributed by atoms with Crippen molar-refractivity contribution >= 4 is 32.5 Å². The first kappa shape index (κ1) is 7.43. The summed E-state index contributed by atoms with van der Waals surface area (Å²) in [6.45, 7) is 0. The van der Waals surface area contributed by atoms with Crippen LogP contribution in [0.5, 0.6) is 0 Å². The van der Waals surface area contributed by atoms with E-state index in [1.165, 1.54) is 4.70 Å². The Morgan fingerprint density at radius 1 is 1.20 bits per heavy atom. The van der Waals surface area contributed by atoms with Gasteiger partial charge in [-0.1, -0.05) is 12.1 Å². The van der Waals surface area contributed by atoms with Gasteiger partial charge in [0.25, 0.3) is 0 Å². The minimum Gasteiger partial charge on any atom is -0.245 e. The van der Waals surface area contributed by atoms with Gasteiger partial charge in [-0.25, -0.2) is 4.98 Å². The molecule has 1 nitrogen and oxygen atoms in total. The van der Waals surface area contributed by atoms with E-state index in [1.807, 2.05) is 23.7 Å². The molecule has 0 saturated carbocycles. The van der Waals surface area contributed by atoms with Gasteiger partial charge in [-0.3, -0.25) is 0 Å². The second-order valence-electron chi connectivity index (χ2n) is 1.82. The fourth-order valence-corrected chi connectivity index (χ4v) is 1.48. The first-order chi connectivity index (χ1) is 4.47. The highest BCUT2D eigenvalue weighted by molar-refractivity contribution is 7.16. The van der Waals surface area contributed by atoms with Gasteiger partial charge in [-0.2, -0.15) is 0 Å². The minimum absolute atomic E-state index is 0. The van der Waals surface area contributed by atoms with Crippen LogP contribution in [-0.2, 0) is 0 Å². The molecule has 0 aliphatic rings. The number of aromatic nitrogens is 1. The van der Waals surface area contributed by atoms with E-state index in [9.17, 15) is 0 Å². The number of benzene rings is 1. The highest BCUT2D eigenvalue weighted by Gasteiger charge is 1.89. The number of thiazole rings is 1. The quantitative estimate of drug-likeness (QED) is 0.541. The van der Waals surface area contributed by atoms with Gasteiger partial charge in [0.2, 0.25) is 0 Å². The molecule has 0 aliphatic heterocycles. The van der Waals surface area contributed by atoms with E-state index in [1.54, 1.807) is 11.3 Å². The van der Waals surface area contributed by atoms with Gasteiger partial charge in [0.1, 0.15) is 0 Å². The maximum atomic E-state index is 4.14. The zero-order valence-electron chi connectivity index (χ0n) is 5.24. The van der Waals surface area contributed by atoms with Crippen molar-refractivity contribution in [1.82, 2.24) is 4.98 Å². The molecule has 2 aromatic rings. The molecule has 1 heterocycles. The van der Waals surface area contributed by atoms with E-state index in [-0.39, 0.29) is 11.0 Å². The smallest absolute Gasteiger partial charge is 0.0812 e. The van der Waals surface area contributed by atoms with Crippen LogP contribution in [0.1, 0.15) is 0 Å². The van der Waals surface area contributed by atoms with Crippen molar-refractivity contribution in [2.24, 2.45) is 0 Å². The van der Waals surface area contributed by atoms with E-state index in [0.717, 1.165) is 5.52 Å². The number of nitrogens with zero attached hydrogens (tertiary/aromatic N) is 1. The lowest BCUT2D eigenvalue weighted by atomic mass is 10.3. The van der Waals surface area contributed by atoms with Crippen LogP contribution in [0.4, 0.5) is 0 Å². The lowest BCUT2D eigenvalue weighted by Crippen LogP contribution is -1.61. The number of fused-ring (bicyclic) bond motifs is 1. The van der Waals surface area contributed by atoms with Crippen molar-refractivity contribution < 1.29 is 0 Å². The van der Waals surface area contributed by atoms with E-state index in [0.29, 0.717) is 0 Å². The van der Waals surface area contributed by atoms with Crippen LogP contribution in [-0.4, -0.2) is 15.9 Å². The topological polar surface area (TPSA) is 12.9 Å². The Morgan fingerprint density at radius 2 is 2.00 bits per heavy atom. The summed E-state index contributed by atoms with van der Waals surface area (Å²) >= 11 is 1.68. The summed E-state index contributed by atoms with van der Waals surface area (Å²) in [5.41, 5.74) is 2.97. The third-order valence-corrected chi connectivity index (χ3v) is 2.05. The molecule has 0 aliphatic carbocycles. The predicted molar refractivity (Wildman–Crippen MR) is 45.4 cm³/mol. The van der Waals surface area contributed by atoms with Gasteiger partial charge < -0.3 is 0 Å². The van der Waals surface area contributed by atoms with Crippen molar-refractivity contribution in [3.05, 3.63) is 29.8 Å². The molecule has 1 aromatic heterocycles. The Morgan fingerprint density at radius 3 is 2.80 bits per heavy atom. The summed E-state index contributed by atoms with van der Waals surface area (Å²) < 4.78 is 1.26. The normalized spacial score (nSPS) is 9.20. The van der Waals surface area contributed by atoms with Crippen LogP contribution in [0.3, 0.4) is 0 Å². The molecule has 10 heavy (non-hydrogen) atoms. The van der Waals surface area contributed by atoms with Gasteiger partial charge >= 0.3 is 0 Å². The second-order valence-corrected chi connectivity index (χ2v) is 2.71. The molecule has 48 valence electrons. The number of hydrogen-bond acceptors (Lipinski definition) is 2. The SMILES string of the molecule is [Si].c1ccc2scnc2c1. The van der Waals surface area contributed by atoms with Gasteiger partial charge in [-0.05, 0) is 12.1 Å². The molecule has 4 radical (unpaired) electrons. The molecule has 3 heteroatoms. The minimum atomic E-state index is 0. The van der Waals surface area contributed by atoms with Crippen LogP contribution in [0.2, 0.25) is 0 Å². The molecular formula is C7H5NSSi. The van der Waals surface area contributed by atoms with E-state index < -0.39 is 0 Å². The van der Waals surface area contributed by atoms with Crippen molar-refractivity contribution in [1.29, 1.82) is 0 Å². The summed E-state index contributed by atoms with van der Waals surface area (Å²) in [5.74, 6) is 0. The zero-order chi connectivity index (χ0) is 6.10. The van der Waals surface area contributed by atoms with Gasteiger partial charge in [0, 0.05) is 11.0 Å². The molecule has 0 bridgehead atoms. The molecule has 0 saturated heterocycles. The standard InChI is InChI=1S/C7H5NS.Si/c1-2-4-7-6(3-1)8-5-9-7;/h1-5H;. The summed E-state index contributed by atoms with van der Waals surface area (Å²) in [4.78, 5) is 4.14. The average molecular weight is 163 g/mol. The first-order valence-electron chi connectivity index (χ1n) is 2.75. The maximum Gasteiger partial charge on any atom is 0.0812 e. The first-order valence-corrected chi connectivity index (χ1v) is 3.63. The zero-order valence-corrected chi connectivity index (χ0v) is 7.06. The van der Waals surface area contributed by atoms with Crippen molar-refractivity contribution in [3.8, 4) is 0 Å². The summed E-state index contributed by atoms with van der Waals surface area (Å²) in [7, 11) is 0. The van der Waals surface area contributed by atoms with Crippen LogP contribution < -0.4 is 0 Å². The Hall–Kier alpha value is -0.673. The van der Waals surface area contributed by atoms with Crippen molar-refractivity contribution in [3.63, 3.8) is 0 Å². The Bertz CT molecular complexity index is 288. The van der Waals surface area contributed by atoms with E-state index in [4.69, 9.17) is 0 Å². The molecule has 0 unspecified atom stereocenters. The summed E-state index contributed by atoms with van der Waals surface area (Å²) in [5, 5.41) is 0. The third-order valence-electron chi connectivity index (χ3n) is 1.24. The molecule has 0 N–H and O–H groups in total. The summed E-state index contributed by atoms with van der Waals surface area (Å²) in [6, 6.07) is 8.13. The number of para-hydroxylation sites is 1. The van der Waals surface area contributed by atoms with Crippen LogP contribution in [0.15, 0.2) is 29.8 Å². The lowest BCUT2D eigenvalue weighted by Gasteiger charge is -1.80. The molecule has 0 spiro atoms. The molecule has 0 fully saturated rings. The van der Waals surface area contributed by atoms with Crippen LogP contribution in [0.25, 0.3) is 10.2 Å². The maximum absolute atomic E-state index is 4.14. The Labute approximate surface area is 67.7 Å². The Balaban J connectivity index is 0.000000500. The van der Waals surface area contributed by atoms with E-state index >= 15 is 0 Å². The molecule has 1 aromatic carbocycles. The van der Waals surface area contributed by atoms with Crippen molar-refractivity contribution in [2.45, 2.75) is 0 Å².